The summed E-state index contributed by atoms with van der Waals surface area (Å²) in [4.78, 5) is 10.5. The molecule has 0 aliphatic rings. The molecule has 0 fully saturated rings. The van der Waals surface area contributed by atoms with Crippen LogP contribution in [0.4, 0.5) is 5.69 Å². The summed E-state index contributed by atoms with van der Waals surface area (Å²) in [6.45, 7) is 1.59. The lowest BCUT2D eigenvalue weighted by atomic mass is 10.2. The fourth-order valence-electron chi connectivity index (χ4n) is 0.999. The minimum Gasteiger partial charge on any atom is -0.497 e. The molecule has 1 aromatic carbocycles. The third-order valence-corrected chi connectivity index (χ3v) is 1.84. The van der Waals surface area contributed by atoms with E-state index in [1.54, 1.807) is 38.3 Å². The maximum Gasteiger partial charge on any atom is 0.325 e. The van der Waals surface area contributed by atoms with E-state index in [-0.39, 0.29) is 0 Å². The van der Waals surface area contributed by atoms with Crippen molar-refractivity contribution in [2.45, 2.75) is 13.0 Å². The molecule has 0 saturated carbocycles. The van der Waals surface area contributed by atoms with Crippen molar-refractivity contribution in [3.8, 4) is 5.75 Å². The summed E-state index contributed by atoms with van der Waals surface area (Å²) in [5.41, 5.74) is 0.765. The summed E-state index contributed by atoms with van der Waals surface area (Å²) in [5.74, 6) is -0.126. The quantitative estimate of drug-likeness (QED) is 0.765. The lowest BCUT2D eigenvalue weighted by molar-refractivity contribution is -0.137. The number of nitrogens with one attached hydrogen (secondary N) is 1. The monoisotopic (exact) mass is 195 g/mol. The third-order valence-electron chi connectivity index (χ3n) is 1.84. The Bertz CT molecular complexity index is 308. The van der Waals surface area contributed by atoms with E-state index in [1.165, 1.54) is 0 Å². The first-order chi connectivity index (χ1) is 6.63. The van der Waals surface area contributed by atoms with Crippen molar-refractivity contribution >= 4 is 11.7 Å². The molecular weight excluding hydrogens is 182 g/mol. The molecule has 0 unspecified atom stereocenters. The van der Waals surface area contributed by atoms with Gasteiger partial charge >= 0.3 is 5.97 Å². The zero-order chi connectivity index (χ0) is 10.6. The van der Waals surface area contributed by atoms with Crippen LogP contribution in [0.3, 0.4) is 0 Å². The Kier molecular flexibility index (Phi) is 3.34. The Morgan fingerprint density at radius 1 is 1.43 bits per heavy atom. The van der Waals surface area contributed by atoms with Gasteiger partial charge in [-0.3, -0.25) is 4.79 Å². The zero-order valence-electron chi connectivity index (χ0n) is 8.15. The van der Waals surface area contributed by atoms with Crippen LogP contribution in [0.15, 0.2) is 24.3 Å². The summed E-state index contributed by atoms with van der Waals surface area (Å²) in [5, 5.41) is 11.5. The molecule has 0 aliphatic carbocycles. The van der Waals surface area contributed by atoms with Gasteiger partial charge in [-0.25, -0.2) is 0 Å². The molecule has 14 heavy (non-hydrogen) atoms. The molecule has 76 valence electrons. The van der Waals surface area contributed by atoms with Crippen molar-refractivity contribution in [3.63, 3.8) is 0 Å². The molecule has 1 rings (SSSR count). The number of hydrogen-bond donors (Lipinski definition) is 2. The highest BCUT2D eigenvalue weighted by atomic mass is 16.5. The fraction of sp³-hybridized carbons (Fsp3) is 0.300. The first-order valence-corrected chi connectivity index (χ1v) is 4.27. The van der Waals surface area contributed by atoms with Crippen molar-refractivity contribution in [1.82, 2.24) is 0 Å². The molecule has 1 aromatic rings. The van der Waals surface area contributed by atoms with Crippen LogP contribution in [0, 0.1) is 0 Å². The van der Waals surface area contributed by atoms with E-state index in [0.717, 1.165) is 11.4 Å². The molecule has 4 heteroatoms. The summed E-state index contributed by atoms with van der Waals surface area (Å²) in [6.07, 6.45) is 0. The van der Waals surface area contributed by atoms with E-state index in [0.29, 0.717) is 0 Å². The van der Waals surface area contributed by atoms with E-state index in [9.17, 15) is 4.79 Å². The van der Waals surface area contributed by atoms with Crippen molar-refractivity contribution < 1.29 is 14.6 Å². The third kappa shape index (κ3) is 2.65. The van der Waals surface area contributed by atoms with Gasteiger partial charge < -0.3 is 15.2 Å². The van der Waals surface area contributed by atoms with Crippen molar-refractivity contribution in [2.24, 2.45) is 0 Å². The van der Waals surface area contributed by atoms with Gasteiger partial charge in [-0.2, -0.15) is 0 Å². The summed E-state index contributed by atoms with van der Waals surface area (Å²) in [7, 11) is 1.59. The molecular formula is C10H13NO3. The molecule has 0 saturated heterocycles. The SMILES string of the molecule is COc1ccc(N[C@H](C)C(=O)O)cc1. The minimum atomic E-state index is -0.874. The van der Waals surface area contributed by atoms with Gasteiger partial charge in [0.2, 0.25) is 0 Å². The highest BCUT2D eigenvalue weighted by Gasteiger charge is 2.09. The number of ether oxygens (including phenoxy) is 1. The molecule has 4 nitrogen and oxygen atoms in total. The van der Waals surface area contributed by atoms with Crippen molar-refractivity contribution in [1.29, 1.82) is 0 Å². The van der Waals surface area contributed by atoms with Gasteiger partial charge in [-0.05, 0) is 31.2 Å². The average Bonchev–Trinajstić information content (AvgIpc) is 2.19. The molecule has 2 N–H and O–H groups in total. The molecule has 0 spiro atoms. The van der Waals surface area contributed by atoms with Crippen LogP contribution in [0.1, 0.15) is 6.92 Å². The molecule has 0 bridgehead atoms. The number of carbonyl (C=O) groups is 1. The van der Waals surface area contributed by atoms with Crippen LogP contribution in [0.2, 0.25) is 0 Å². The molecule has 0 amide bonds. The predicted octanol–water partition coefficient (Wildman–Crippen LogP) is 1.58. The summed E-state index contributed by atoms with van der Waals surface area (Å²) >= 11 is 0. The number of anilines is 1. The first-order valence-electron chi connectivity index (χ1n) is 4.27. The average molecular weight is 195 g/mol. The van der Waals surface area contributed by atoms with E-state index < -0.39 is 12.0 Å². The Morgan fingerprint density at radius 2 is 2.00 bits per heavy atom. The normalized spacial score (nSPS) is 11.9. The smallest absolute Gasteiger partial charge is 0.325 e. The van der Waals surface area contributed by atoms with Crippen LogP contribution in [-0.4, -0.2) is 24.2 Å². The first kappa shape index (κ1) is 10.4. The summed E-state index contributed by atoms with van der Waals surface area (Å²) < 4.78 is 4.98. The highest BCUT2D eigenvalue weighted by molar-refractivity contribution is 5.76. The Balaban J connectivity index is 2.64. The minimum absolute atomic E-state index is 0.594. The number of aliphatic carboxylic acids is 1. The molecule has 1 atom stereocenters. The number of rotatable bonds is 4. The van der Waals surface area contributed by atoms with Crippen molar-refractivity contribution in [2.75, 3.05) is 12.4 Å². The number of hydrogen-bond acceptors (Lipinski definition) is 3. The van der Waals surface area contributed by atoms with E-state index in [1.807, 2.05) is 0 Å². The van der Waals surface area contributed by atoms with Crippen LogP contribution in [-0.2, 0) is 4.79 Å². The zero-order valence-corrected chi connectivity index (χ0v) is 8.15. The Labute approximate surface area is 82.5 Å². The Morgan fingerprint density at radius 3 is 2.43 bits per heavy atom. The lowest BCUT2D eigenvalue weighted by Gasteiger charge is -2.10. The maximum atomic E-state index is 10.5. The number of methoxy groups -OCH3 is 1. The predicted molar refractivity (Wildman–Crippen MR) is 53.7 cm³/mol. The van der Waals surface area contributed by atoms with Gasteiger partial charge in [0.15, 0.2) is 0 Å². The fourth-order valence-corrected chi connectivity index (χ4v) is 0.999. The van der Waals surface area contributed by atoms with Crippen LogP contribution in [0.5, 0.6) is 5.75 Å². The molecule has 0 radical (unpaired) electrons. The largest absolute Gasteiger partial charge is 0.497 e. The lowest BCUT2D eigenvalue weighted by Crippen LogP contribution is -2.25. The van der Waals surface area contributed by atoms with Gasteiger partial charge in [0.05, 0.1) is 7.11 Å². The second kappa shape index (κ2) is 4.50. The molecule has 0 heterocycles. The van der Waals surface area contributed by atoms with E-state index in [2.05, 4.69) is 5.32 Å². The second-order valence-corrected chi connectivity index (χ2v) is 2.93. The van der Waals surface area contributed by atoms with Gasteiger partial charge in [0, 0.05) is 5.69 Å². The molecule has 0 aromatic heterocycles. The standard InChI is InChI=1S/C10H13NO3/c1-7(10(12)13)11-8-3-5-9(14-2)6-4-8/h3-7,11H,1-2H3,(H,12,13)/t7-/m1/s1. The van der Waals surface area contributed by atoms with E-state index >= 15 is 0 Å². The number of benzene rings is 1. The second-order valence-electron chi connectivity index (χ2n) is 2.93. The number of carboxylic acids is 1. The van der Waals surface area contributed by atoms with E-state index in [4.69, 9.17) is 9.84 Å². The maximum absolute atomic E-state index is 10.5. The highest BCUT2D eigenvalue weighted by Crippen LogP contribution is 2.15. The van der Waals surface area contributed by atoms with Gasteiger partial charge in [-0.15, -0.1) is 0 Å². The Hall–Kier alpha value is -1.71. The van der Waals surface area contributed by atoms with Gasteiger partial charge in [-0.1, -0.05) is 0 Å². The van der Waals surface area contributed by atoms with Crippen LogP contribution < -0.4 is 10.1 Å². The molecule has 0 aliphatic heterocycles. The van der Waals surface area contributed by atoms with Gasteiger partial charge in [0.25, 0.3) is 0 Å². The topological polar surface area (TPSA) is 58.6 Å². The van der Waals surface area contributed by atoms with Crippen LogP contribution >= 0.6 is 0 Å². The van der Waals surface area contributed by atoms with Crippen LogP contribution in [0.25, 0.3) is 0 Å². The number of carboxylic acid groups (broad SMARTS) is 1. The summed E-state index contributed by atoms with van der Waals surface area (Å²) in [6, 6.07) is 6.51. The van der Waals surface area contributed by atoms with Gasteiger partial charge in [0.1, 0.15) is 11.8 Å². The van der Waals surface area contributed by atoms with Crippen molar-refractivity contribution in [3.05, 3.63) is 24.3 Å².